The molecule has 0 aliphatic carbocycles. The molecule has 0 bridgehead atoms. The number of nitrogens with two attached hydrogens (primary N) is 1. The number of allylic oxidation sites excluding steroid dienone is 1. The lowest BCUT2D eigenvalue weighted by molar-refractivity contribution is -0.0934. The van der Waals surface area contributed by atoms with E-state index in [1.54, 1.807) is 18.3 Å². The van der Waals surface area contributed by atoms with Crippen LogP contribution in [0, 0.1) is 6.92 Å². The number of anilines is 1. The van der Waals surface area contributed by atoms with Crippen LogP contribution in [0.5, 0.6) is 0 Å². The van der Waals surface area contributed by atoms with E-state index in [0.29, 0.717) is 5.69 Å². The van der Waals surface area contributed by atoms with E-state index in [1.165, 1.54) is 7.05 Å². The summed E-state index contributed by atoms with van der Waals surface area (Å²) in [5.74, 6) is -0.0881. The van der Waals surface area contributed by atoms with Crippen molar-refractivity contribution in [2.75, 3.05) is 19.0 Å². The van der Waals surface area contributed by atoms with Crippen LogP contribution in [0.4, 0.5) is 23.2 Å². The summed E-state index contributed by atoms with van der Waals surface area (Å²) in [5, 5.41) is 13.2. The van der Waals surface area contributed by atoms with Crippen LogP contribution in [0.3, 0.4) is 0 Å². The zero-order valence-electron chi connectivity index (χ0n) is 14.8. The topological polar surface area (TPSA) is 91.1 Å². The number of amidine groups is 1. The molecule has 1 aliphatic rings. The Morgan fingerprint density at radius 3 is 2.70 bits per heavy atom. The third-order valence-electron chi connectivity index (χ3n) is 4.77. The smallest absolute Gasteiger partial charge is 0.342 e. The van der Waals surface area contributed by atoms with Crippen molar-refractivity contribution in [3.8, 4) is 0 Å². The van der Waals surface area contributed by atoms with Gasteiger partial charge in [0.25, 0.3) is 0 Å². The largest absolute Gasteiger partial charge is 0.433 e. The summed E-state index contributed by atoms with van der Waals surface area (Å²) in [7, 11) is 1.45. The number of nitrogens with one attached hydrogen (secondary N) is 3. The lowest BCUT2D eigenvalue weighted by atomic mass is 9.83. The highest BCUT2D eigenvalue weighted by Gasteiger charge is 2.45. The van der Waals surface area contributed by atoms with E-state index in [-0.39, 0.29) is 12.3 Å². The lowest BCUT2D eigenvalue weighted by Gasteiger charge is -2.39. The molecule has 3 rings (SSSR count). The Bertz CT molecular complexity index is 900. The maximum absolute atomic E-state index is 13.4. The molecule has 2 atom stereocenters. The molecule has 2 heterocycles. The average molecular weight is 384 g/mol. The SMILES string of the molecule is CNC1(CCF)C=C(C(F)(F)F)N=C(Nc2cc(C)c3[nH]ncc3c2)C1N. The zero-order chi connectivity index (χ0) is 19.8. The van der Waals surface area contributed by atoms with Crippen molar-refractivity contribution in [3.63, 3.8) is 0 Å². The Morgan fingerprint density at radius 2 is 2.07 bits per heavy atom. The van der Waals surface area contributed by atoms with E-state index in [9.17, 15) is 17.6 Å². The zero-order valence-corrected chi connectivity index (χ0v) is 14.8. The molecule has 0 saturated carbocycles. The van der Waals surface area contributed by atoms with Crippen LogP contribution in [0.2, 0.25) is 0 Å². The first-order valence-corrected chi connectivity index (χ1v) is 8.30. The number of aliphatic imine (C=N–C) groups is 1. The van der Waals surface area contributed by atoms with Gasteiger partial charge < -0.3 is 16.4 Å². The first-order chi connectivity index (χ1) is 12.7. The predicted molar refractivity (Wildman–Crippen MR) is 96.4 cm³/mol. The second kappa shape index (κ2) is 6.93. The second-order valence-electron chi connectivity index (χ2n) is 6.48. The molecule has 0 saturated heterocycles. The molecule has 1 aromatic heterocycles. The Kier molecular flexibility index (Phi) is 4.96. The van der Waals surface area contributed by atoms with Crippen LogP contribution in [-0.4, -0.2) is 47.5 Å². The van der Waals surface area contributed by atoms with Crippen LogP contribution in [-0.2, 0) is 0 Å². The van der Waals surface area contributed by atoms with Gasteiger partial charge in [0.15, 0.2) is 0 Å². The van der Waals surface area contributed by atoms with Gasteiger partial charge in [-0.2, -0.15) is 18.3 Å². The number of aryl methyl sites for hydroxylation is 1. The van der Waals surface area contributed by atoms with Crippen molar-refractivity contribution in [3.05, 3.63) is 35.7 Å². The van der Waals surface area contributed by atoms with E-state index in [4.69, 9.17) is 5.73 Å². The standard InChI is InChI=1S/C17H20F4N6/c1-9-5-11(6-10-8-24-27-13(9)10)25-15-14(22)16(23-2,3-4-18)7-12(26-15)17(19,20)21/h5-8,14,23H,3-4,22H2,1-2H3,(H,24,27)(H,25,26). The highest BCUT2D eigenvalue weighted by molar-refractivity contribution is 6.03. The molecular formula is C17H20F4N6. The van der Waals surface area contributed by atoms with Crippen LogP contribution < -0.4 is 16.4 Å². The van der Waals surface area contributed by atoms with Gasteiger partial charge >= 0.3 is 6.18 Å². The number of hydrogen-bond acceptors (Lipinski definition) is 5. The van der Waals surface area contributed by atoms with Crippen molar-refractivity contribution in [1.82, 2.24) is 15.5 Å². The molecule has 10 heteroatoms. The maximum Gasteiger partial charge on any atom is 0.433 e. The van der Waals surface area contributed by atoms with Gasteiger partial charge in [0.2, 0.25) is 0 Å². The van der Waals surface area contributed by atoms with Crippen LogP contribution in [0.25, 0.3) is 10.9 Å². The summed E-state index contributed by atoms with van der Waals surface area (Å²) in [4.78, 5) is 3.68. The number of alkyl halides is 4. The van der Waals surface area contributed by atoms with Crippen LogP contribution >= 0.6 is 0 Å². The average Bonchev–Trinajstić information content (AvgIpc) is 3.06. The predicted octanol–water partition coefficient (Wildman–Crippen LogP) is 2.79. The third kappa shape index (κ3) is 3.54. The van der Waals surface area contributed by atoms with Crippen molar-refractivity contribution in [2.45, 2.75) is 31.1 Å². The first kappa shape index (κ1) is 19.3. The molecule has 5 N–H and O–H groups in total. The normalized spacial score (nSPS) is 23.3. The molecule has 0 fully saturated rings. The van der Waals surface area contributed by atoms with Gasteiger partial charge in [-0.05, 0) is 44.2 Å². The molecule has 146 valence electrons. The molecular weight excluding hydrogens is 364 g/mol. The van der Waals surface area contributed by atoms with Crippen LogP contribution in [0.1, 0.15) is 12.0 Å². The van der Waals surface area contributed by atoms with Gasteiger partial charge in [0.1, 0.15) is 11.5 Å². The van der Waals surface area contributed by atoms with Gasteiger partial charge in [-0.25, -0.2) is 4.99 Å². The number of benzene rings is 1. The lowest BCUT2D eigenvalue weighted by Crippen LogP contribution is -2.62. The summed E-state index contributed by atoms with van der Waals surface area (Å²) in [6.45, 7) is 1.01. The monoisotopic (exact) mass is 384 g/mol. The molecule has 2 aromatic rings. The van der Waals surface area contributed by atoms with Crippen LogP contribution in [0.15, 0.2) is 35.1 Å². The fourth-order valence-corrected chi connectivity index (χ4v) is 3.25. The third-order valence-corrected chi connectivity index (χ3v) is 4.77. The number of rotatable bonds is 4. The van der Waals surface area contributed by atoms with Gasteiger partial charge in [0.05, 0.1) is 30.0 Å². The number of hydrogen-bond donors (Lipinski definition) is 4. The van der Waals surface area contributed by atoms with Crippen molar-refractivity contribution >= 4 is 22.4 Å². The highest BCUT2D eigenvalue weighted by Crippen LogP contribution is 2.34. The minimum absolute atomic E-state index is 0.0881. The van der Waals surface area contributed by atoms with Crippen molar-refractivity contribution in [2.24, 2.45) is 10.7 Å². The summed E-state index contributed by atoms with van der Waals surface area (Å²) < 4.78 is 53.1. The molecule has 27 heavy (non-hydrogen) atoms. The number of fused-ring (bicyclic) bond motifs is 1. The van der Waals surface area contributed by atoms with E-state index in [0.717, 1.165) is 22.5 Å². The van der Waals surface area contributed by atoms with Gasteiger partial charge in [-0.3, -0.25) is 9.49 Å². The molecule has 1 aliphatic heterocycles. The van der Waals surface area contributed by atoms with Crippen molar-refractivity contribution < 1.29 is 17.6 Å². The Labute approximate surface area is 152 Å². The van der Waals surface area contributed by atoms with Gasteiger partial charge in [-0.1, -0.05) is 0 Å². The fourth-order valence-electron chi connectivity index (χ4n) is 3.25. The summed E-state index contributed by atoms with van der Waals surface area (Å²) in [5.41, 5.74) is 5.87. The quantitative estimate of drug-likeness (QED) is 0.610. The number of H-pyrrole nitrogens is 1. The minimum Gasteiger partial charge on any atom is -0.342 e. The number of nitrogens with zero attached hydrogens (tertiary/aromatic N) is 2. The number of aromatic nitrogens is 2. The molecule has 0 amide bonds. The molecule has 1 aromatic carbocycles. The Balaban J connectivity index is 2.03. The Hall–Kier alpha value is -2.46. The van der Waals surface area contributed by atoms with E-state index in [2.05, 4.69) is 25.8 Å². The second-order valence-corrected chi connectivity index (χ2v) is 6.48. The number of halogens is 4. The van der Waals surface area contributed by atoms with E-state index in [1.807, 2.05) is 6.92 Å². The van der Waals surface area contributed by atoms with Gasteiger partial charge in [0, 0.05) is 11.1 Å². The minimum atomic E-state index is -4.68. The molecule has 6 nitrogen and oxygen atoms in total. The van der Waals surface area contributed by atoms with Crippen molar-refractivity contribution in [1.29, 1.82) is 0 Å². The highest BCUT2D eigenvalue weighted by atomic mass is 19.4. The summed E-state index contributed by atoms with van der Waals surface area (Å²) >= 11 is 0. The molecule has 2 unspecified atom stereocenters. The summed E-state index contributed by atoms with van der Waals surface area (Å²) in [6, 6.07) is 2.48. The van der Waals surface area contributed by atoms with E-state index < -0.39 is 30.1 Å². The molecule has 0 radical (unpaired) electrons. The number of aromatic amines is 1. The fraction of sp³-hybridized carbons (Fsp3) is 0.412. The van der Waals surface area contributed by atoms with Gasteiger partial charge in [-0.15, -0.1) is 0 Å². The Morgan fingerprint density at radius 1 is 1.33 bits per heavy atom. The number of likely N-dealkylation sites (N-methyl/N-ethyl adjacent to an activating group) is 1. The van der Waals surface area contributed by atoms with E-state index >= 15 is 0 Å². The molecule has 0 spiro atoms. The first-order valence-electron chi connectivity index (χ1n) is 8.30. The summed E-state index contributed by atoms with van der Waals surface area (Å²) in [6.07, 6.45) is -2.42. The maximum atomic E-state index is 13.4.